The maximum atomic E-state index is 12.4. The van der Waals surface area contributed by atoms with Crippen LogP contribution in [0, 0.1) is 0 Å². The van der Waals surface area contributed by atoms with Crippen molar-refractivity contribution < 1.29 is 19.1 Å². The van der Waals surface area contributed by atoms with Crippen molar-refractivity contribution in [2.24, 2.45) is 0 Å². The van der Waals surface area contributed by atoms with Gasteiger partial charge < -0.3 is 9.47 Å². The highest BCUT2D eigenvalue weighted by atomic mass is 16.6. The van der Waals surface area contributed by atoms with E-state index in [1.54, 1.807) is 0 Å². The first-order valence-electron chi connectivity index (χ1n) is 11.5. The van der Waals surface area contributed by atoms with E-state index in [0.29, 0.717) is 17.5 Å². The van der Waals surface area contributed by atoms with Crippen LogP contribution in [-0.2, 0) is 22.3 Å². The van der Waals surface area contributed by atoms with E-state index in [-0.39, 0.29) is 24.1 Å². The Balaban J connectivity index is 1.79. The van der Waals surface area contributed by atoms with E-state index >= 15 is 0 Å². The Kier molecular flexibility index (Phi) is 10.3. The van der Waals surface area contributed by atoms with Crippen molar-refractivity contribution in [3.8, 4) is 0 Å². The van der Waals surface area contributed by atoms with Gasteiger partial charge in [-0.2, -0.15) is 0 Å². The van der Waals surface area contributed by atoms with Crippen LogP contribution in [0.25, 0.3) is 0 Å². The lowest BCUT2D eigenvalue weighted by Gasteiger charge is -2.19. The molecule has 0 saturated heterocycles. The Labute approximate surface area is 187 Å². The topological polar surface area (TPSA) is 52.6 Å². The van der Waals surface area contributed by atoms with E-state index in [2.05, 4.69) is 13.8 Å². The quantitative estimate of drug-likeness (QED) is 0.362. The summed E-state index contributed by atoms with van der Waals surface area (Å²) in [4.78, 5) is 24.8. The van der Waals surface area contributed by atoms with Gasteiger partial charge in [0.25, 0.3) is 0 Å². The third-order valence-corrected chi connectivity index (χ3v) is 5.30. The third kappa shape index (κ3) is 8.56. The van der Waals surface area contributed by atoms with E-state index in [1.165, 1.54) is 11.1 Å². The maximum absolute atomic E-state index is 12.4. The summed E-state index contributed by atoms with van der Waals surface area (Å²) in [5, 5.41) is 0. The van der Waals surface area contributed by atoms with Crippen molar-refractivity contribution in [1.29, 1.82) is 0 Å². The molecular formula is C27H36O4. The number of rotatable bonds is 12. The van der Waals surface area contributed by atoms with Crippen LogP contribution in [0.3, 0.4) is 0 Å². The minimum absolute atomic E-state index is 0.351. The van der Waals surface area contributed by atoms with E-state index in [1.807, 2.05) is 62.4 Å². The van der Waals surface area contributed by atoms with Gasteiger partial charge in [-0.15, -0.1) is 0 Å². The fourth-order valence-corrected chi connectivity index (χ4v) is 3.44. The maximum Gasteiger partial charge on any atom is 0.338 e. The minimum atomic E-state index is -0.355. The number of carbonyl (C=O) groups excluding carboxylic acids is 2. The second-order valence-corrected chi connectivity index (χ2v) is 8.27. The Morgan fingerprint density at radius 3 is 1.35 bits per heavy atom. The molecule has 2 aromatic carbocycles. The molecule has 0 aliphatic rings. The van der Waals surface area contributed by atoms with Crippen LogP contribution >= 0.6 is 0 Å². The summed E-state index contributed by atoms with van der Waals surface area (Å²) in [5.41, 5.74) is 3.54. The van der Waals surface area contributed by atoms with Gasteiger partial charge in [-0.25, -0.2) is 9.59 Å². The Morgan fingerprint density at radius 1 is 0.677 bits per heavy atom. The van der Waals surface area contributed by atoms with Gasteiger partial charge in [0.2, 0.25) is 0 Å². The number of esters is 2. The monoisotopic (exact) mass is 424 g/mol. The number of aryl methyl sites for hydroxylation is 2. The molecule has 0 aliphatic heterocycles. The first kappa shape index (κ1) is 24.6. The van der Waals surface area contributed by atoms with Crippen LogP contribution in [0.15, 0.2) is 48.5 Å². The highest BCUT2D eigenvalue weighted by Crippen LogP contribution is 2.14. The van der Waals surface area contributed by atoms with Gasteiger partial charge in [-0.05, 0) is 74.9 Å². The zero-order valence-corrected chi connectivity index (χ0v) is 19.4. The predicted octanol–water partition coefficient (Wildman–Crippen LogP) is 6.55. The molecule has 0 aromatic heterocycles. The normalized spacial score (nSPS) is 12.8. The van der Waals surface area contributed by atoms with Crippen LogP contribution in [0.1, 0.15) is 91.6 Å². The fourth-order valence-electron chi connectivity index (χ4n) is 3.44. The second-order valence-electron chi connectivity index (χ2n) is 8.27. The highest BCUT2D eigenvalue weighted by molar-refractivity contribution is 5.90. The fraction of sp³-hybridized carbons (Fsp3) is 0.481. The Hall–Kier alpha value is -2.62. The Morgan fingerprint density at radius 2 is 1.03 bits per heavy atom. The molecule has 2 unspecified atom stereocenters. The van der Waals surface area contributed by atoms with Gasteiger partial charge in [0.1, 0.15) is 12.2 Å². The molecule has 4 heteroatoms. The van der Waals surface area contributed by atoms with Crippen LogP contribution in [-0.4, -0.2) is 24.1 Å². The number of carbonyl (C=O) groups is 2. The van der Waals surface area contributed by atoms with E-state index in [9.17, 15) is 9.59 Å². The Bertz CT molecular complexity index is 739. The van der Waals surface area contributed by atoms with Gasteiger partial charge in [0, 0.05) is 6.42 Å². The molecule has 0 saturated carbocycles. The first-order chi connectivity index (χ1) is 14.9. The van der Waals surface area contributed by atoms with E-state index in [0.717, 1.165) is 38.5 Å². The molecule has 0 radical (unpaired) electrons. The zero-order valence-electron chi connectivity index (χ0n) is 19.4. The summed E-state index contributed by atoms with van der Waals surface area (Å²) in [7, 11) is 0. The second kappa shape index (κ2) is 12.9. The summed E-state index contributed by atoms with van der Waals surface area (Å²) in [6.45, 7) is 7.96. The molecule has 0 bridgehead atoms. The molecule has 0 fully saturated rings. The number of benzene rings is 2. The third-order valence-electron chi connectivity index (χ3n) is 5.30. The molecule has 2 rings (SSSR count). The van der Waals surface area contributed by atoms with Crippen molar-refractivity contribution in [1.82, 2.24) is 0 Å². The molecule has 0 amide bonds. The van der Waals surface area contributed by atoms with Crippen LogP contribution in [0.2, 0.25) is 0 Å². The molecule has 0 aliphatic carbocycles. The average molecular weight is 425 g/mol. The molecule has 4 nitrogen and oxygen atoms in total. The van der Waals surface area contributed by atoms with Gasteiger partial charge in [-0.1, -0.05) is 51.0 Å². The van der Waals surface area contributed by atoms with Gasteiger partial charge in [0.15, 0.2) is 0 Å². The average Bonchev–Trinajstić information content (AvgIpc) is 2.76. The van der Waals surface area contributed by atoms with Crippen molar-refractivity contribution >= 4 is 11.9 Å². The lowest BCUT2D eigenvalue weighted by atomic mass is 10.1. The van der Waals surface area contributed by atoms with E-state index < -0.39 is 0 Å². The SMILES string of the molecule is CCCCc1ccc(C(=O)OC(C)CC(C)OC(=O)c2ccc(CCCC)cc2)cc1. The summed E-state index contributed by atoms with van der Waals surface area (Å²) in [5.74, 6) is -0.702. The molecule has 2 atom stereocenters. The highest BCUT2D eigenvalue weighted by Gasteiger charge is 2.18. The summed E-state index contributed by atoms with van der Waals surface area (Å²) < 4.78 is 11.1. The van der Waals surface area contributed by atoms with Crippen molar-refractivity contribution in [2.45, 2.75) is 84.8 Å². The molecule has 31 heavy (non-hydrogen) atoms. The largest absolute Gasteiger partial charge is 0.459 e. The molecule has 0 heterocycles. The van der Waals surface area contributed by atoms with Crippen LogP contribution in [0.4, 0.5) is 0 Å². The lowest BCUT2D eigenvalue weighted by Crippen LogP contribution is -2.23. The van der Waals surface area contributed by atoms with Gasteiger partial charge in [0.05, 0.1) is 11.1 Å². The van der Waals surface area contributed by atoms with E-state index in [4.69, 9.17) is 9.47 Å². The van der Waals surface area contributed by atoms with Crippen LogP contribution < -0.4 is 0 Å². The van der Waals surface area contributed by atoms with Crippen molar-refractivity contribution in [3.63, 3.8) is 0 Å². The standard InChI is InChI=1S/C27H36O4/c1-5-7-9-22-11-15-24(16-12-22)26(28)30-20(3)19-21(4)31-27(29)25-17-13-23(14-18-25)10-8-6-2/h11-18,20-21H,5-10,19H2,1-4H3. The van der Waals surface area contributed by atoms with Crippen molar-refractivity contribution in [3.05, 3.63) is 70.8 Å². The lowest BCUT2D eigenvalue weighted by molar-refractivity contribution is 0.00764. The molecular weight excluding hydrogens is 388 g/mol. The van der Waals surface area contributed by atoms with Gasteiger partial charge >= 0.3 is 11.9 Å². The first-order valence-corrected chi connectivity index (χ1v) is 11.5. The molecule has 0 spiro atoms. The minimum Gasteiger partial charge on any atom is -0.459 e. The summed E-state index contributed by atoms with van der Waals surface area (Å²) >= 11 is 0. The smallest absolute Gasteiger partial charge is 0.338 e. The van der Waals surface area contributed by atoms with Crippen molar-refractivity contribution in [2.75, 3.05) is 0 Å². The number of hydrogen-bond acceptors (Lipinski definition) is 4. The number of unbranched alkanes of at least 4 members (excludes halogenated alkanes) is 2. The predicted molar refractivity (Wildman–Crippen MR) is 124 cm³/mol. The molecule has 168 valence electrons. The summed E-state index contributed by atoms with van der Waals surface area (Å²) in [6, 6.07) is 15.2. The van der Waals surface area contributed by atoms with Crippen LogP contribution in [0.5, 0.6) is 0 Å². The zero-order chi connectivity index (χ0) is 22.6. The summed E-state index contributed by atoms with van der Waals surface area (Å²) in [6.07, 6.45) is 6.35. The number of ether oxygens (including phenoxy) is 2. The molecule has 0 N–H and O–H groups in total. The van der Waals surface area contributed by atoms with Gasteiger partial charge in [-0.3, -0.25) is 0 Å². The molecule has 2 aromatic rings. The number of hydrogen-bond donors (Lipinski definition) is 0.